The summed E-state index contributed by atoms with van der Waals surface area (Å²) in [6.07, 6.45) is 8.25. The number of nitrogen functional groups attached to an aromatic ring is 1. The first-order chi connectivity index (χ1) is 13.9. The summed E-state index contributed by atoms with van der Waals surface area (Å²) in [6.45, 7) is 3.70. The molecule has 0 aromatic carbocycles. The van der Waals surface area contributed by atoms with E-state index in [-0.39, 0.29) is 37.0 Å². The van der Waals surface area contributed by atoms with E-state index in [0.717, 1.165) is 29.7 Å². The summed E-state index contributed by atoms with van der Waals surface area (Å²) in [5, 5.41) is 0. The molecule has 1 saturated carbocycles. The molecule has 0 unspecified atom stereocenters. The molecule has 2 aromatic heterocycles. The number of aryl methyl sites for hydroxylation is 1. The van der Waals surface area contributed by atoms with Gasteiger partial charge in [-0.05, 0) is 19.3 Å². The Hall–Kier alpha value is -2.71. The summed E-state index contributed by atoms with van der Waals surface area (Å²) in [4.78, 5) is 35.8. The van der Waals surface area contributed by atoms with Gasteiger partial charge in [-0.2, -0.15) is 4.98 Å². The molecule has 0 radical (unpaired) electrons. The molecule has 0 saturated heterocycles. The fourth-order valence-electron chi connectivity index (χ4n) is 3.81. The molecule has 3 rings (SSSR count). The molecule has 1 fully saturated rings. The second kappa shape index (κ2) is 9.67. The zero-order chi connectivity index (χ0) is 20.8. The van der Waals surface area contributed by atoms with Gasteiger partial charge in [0.25, 0.3) is 0 Å². The van der Waals surface area contributed by atoms with Crippen LogP contribution in [0, 0.1) is 5.92 Å². The van der Waals surface area contributed by atoms with Gasteiger partial charge in [0, 0.05) is 32.2 Å². The molecule has 0 amide bonds. The molecule has 9 heteroatoms. The molecule has 29 heavy (non-hydrogen) atoms. The number of imidazole rings is 1. The number of hydrogen-bond donors (Lipinski definition) is 1. The zero-order valence-electron chi connectivity index (χ0n) is 17.1. The Morgan fingerprint density at radius 3 is 2.41 bits per heavy atom. The Morgan fingerprint density at radius 2 is 1.79 bits per heavy atom. The first kappa shape index (κ1) is 21.0. The SMILES string of the molecule is CC(=O)OCC(CCn1cnc2c(C3CCCCC3)nc(N)nc21)COC(C)=O. The lowest BCUT2D eigenvalue weighted by atomic mass is 9.86. The minimum atomic E-state index is -0.358. The highest BCUT2D eigenvalue weighted by Crippen LogP contribution is 2.34. The third-order valence-corrected chi connectivity index (χ3v) is 5.32. The third-order valence-electron chi connectivity index (χ3n) is 5.32. The second-order valence-corrected chi connectivity index (χ2v) is 7.67. The van der Waals surface area contributed by atoms with Gasteiger partial charge in [-0.1, -0.05) is 19.3 Å². The van der Waals surface area contributed by atoms with Crippen LogP contribution >= 0.6 is 0 Å². The summed E-state index contributed by atoms with van der Waals surface area (Å²) >= 11 is 0. The fraction of sp³-hybridized carbons (Fsp3) is 0.650. The monoisotopic (exact) mass is 403 g/mol. The Bertz CT molecular complexity index is 842. The van der Waals surface area contributed by atoms with Crippen molar-refractivity contribution < 1.29 is 19.1 Å². The van der Waals surface area contributed by atoms with Gasteiger partial charge in [-0.25, -0.2) is 9.97 Å². The van der Waals surface area contributed by atoms with Crippen molar-refractivity contribution in [2.24, 2.45) is 5.92 Å². The summed E-state index contributed by atoms with van der Waals surface area (Å²) < 4.78 is 12.2. The first-order valence-electron chi connectivity index (χ1n) is 10.2. The summed E-state index contributed by atoms with van der Waals surface area (Å²) in [7, 11) is 0. The fourth-order valence-corrected chi connectivity index (χ4v) is 3.81. The van der Waals surface area contributed by atoms with Crippen LogP contribution in [0.15, 0.2) is 6.33 Å². The molecular formula is C20H29N5O4. The molecule has 0 bridgehead atoms. The van der Waals surface area contributed by atoms with E-state index in [1.54, 1.807) is 6.33 Å². The Kier molecular flexibility index (Phi) is 7.00. The van der Waals surface area contributed by atoms with E-state index in [0.29, 0.717) is 18.9 Å². The van der Waals surface area contributed by atoms with E-state index in [2.05, 4.69) is 15.0 Å². The Balaban J connectivity index is 1.75. The molecule has 158 valence electrons. The van der Waals surface area contributed by atoms with Gasteiger partial charge >= 0.3 is 11.9 Å². The van der Waals surface area contributed by atoms with E-state index in [9.17, 15) is 9.59 Å². The van der Waals surface area contributed by atoms with E-state index in [4.69, 9.17) is 15.2 Å². The van der Waals surface area contributed by atoms with Crippen LogP contribution in [0.1, 0.15) is 64.0 Å². The maximum absolute atomic E-state index is 11.1. The molecule has 2 N–H and O–H groups in total. The van der Waals surface area contributed by atoms with Gasteiger partial charge in [-0.3, -0.25) is 9.59 Å². The lowest BCUT2D eigenvalue weighted by Crippen LogP contribution is -2.21. The van der Waals surface area contributed by atoms with Crippen molar-refractivity contribution >= 4 is 29.1 Å². The maximum atomic E-state index is 11.1. The number of nitrogens with zero attached hydrogens (tertiary/aromatic N) is 4. The minimum absolute atomic E-state index is 0.114. The van der Waals surface area contributed by atoms with E-state index < -0.39 is 0 Å². The number of nitrogens with two attached hydrogens (primary N) is 1. The number of hydrogen-bond acceptors (Lipinski definition) is 8. The van der Waals surface area contributed by atoms with Crippen LogP contribution in [0.2, 0.25) is 0 Å². The van der Waals surface area contributed by atoms with Crippen molar-refractivity contribution in [3.63, 3.8) is 0 Å². The van der Waals surface area contributed by atoms with Gasteiger partial charge in [0.15, 0.2) is 5.65 Å². The first-order valence-corrected chi connectivity index (χ1v) is 10.2. The molecule has 1 aliphatic carbocycles. The molecule has 2 aromatic rings. The number of fused-ring (bicyclic) bond motifs is 1. The lowest BCUT2D eigenvalue weighted by molar-refractivity contribution is -0.146. The minimum Gasteiger partial charge on any atom is -0.465 e. The quantitative estimate of drug-likeness (QED) is 0.667. The number of carbonyl (C=O) groups excluding carboxylic acids is 2. The van der Waals surface area contributed by atoms with Gasteiger partial charge < -0.3 is 19.8 Å². The molecule has 2 heterocycles. The van der Waals surface area contributed by atoms with Crippen LogP contribution in [-0.4, -0.2) is 44.7 Å². The Morgan fingerprint density at radius 1 is 1.14 bits per heavy atom. The lowest BCUT2D eigenvalue weighted by Gasteiger charge is -2.21. The van der Waals surface area contributed by atoms with Crippen LogP contribution in [0.25, 0.3) is 11.2 Å². The number of rotatable bonds is 8. The number of esters is 2. The van der Waals surface area contributed by atoms with Crippen LogP contribution in [0.4, 0.5) is 5.95 Å². The number of anilines is 1. The number of aromatic nitrogens is 4. The highest BCUT2D eigenvalue weighted by atomic mass is 16.5. The predicted octanol–water partition coefficient (Wildman–Crippen LogP) is 2.59. The van der Waals surface area contributed by atoms with Crippen molar-refractivity contribution in [1.29, 1.82) is 0 Å². The second-order valence-electron chi connectivity index (χ2n) is 7.67. The topological polar surface area (TPSA) is 122 Å². The molecule has 9 nitrogen and oxygen atoms in total. The highest BCUT2D eigenvalue weighted by Gasteiger charge is 2.23. The zero-order valence-corrected chi connectivity index (χ0v) is 17.1. The number of ether oxygens (including phenoxy) is 2. The van der Waals surface area contributed by atoms with Gasteiger partial charge in [0.2, 0.25) is 5.95 Å². The van der Waals surface area contributed by atoms with Gasteiger partial charge in [0.05, 0.1) is 25.2 Å². The van der Waals surface area contributed by atoms with Crippen molar-refractivity contribution in [2.75, 3.05) is 18.9 Å². The largest absolute Gasteiger partial charge is 0.465 e. The molecule has 0 aliphatic heterocycles. The van der Waals surface area contributed by atoms with E-state index in [1.807, 2.05) is 4.57 Å². The van der Waals surface area contributed by atoms with Crippen LogP contribution < -0.4 is 5.73 Å². The van der Waals surface area contributed by atoms with Gasteiger partial charge in [0.1, 0.15) is 5.52 Å². The van der Waals surface area contributed by atoms with Crippen molar-refractivity contribution in [3.8, 4) is 0 Å². The van der Waals surface area contributed by atoms with E-state index >= 15 is 0 Å². The average Bonchev–Trinajstić information content (AvgIpc) is 3.09. The highest BCUT2D eigenvalue weighted by molar-refractivity contribution is 5.75. The normalized spacial score (nSPS) is 15.0. The Labute approximate surface area is 170 Å². The predicted molar refractivity (Wildman–Crippen MR) is 107 cm³/mol. The molecule has 0 atom stereocenters. The van der Waals surface area contributed by atoms with Crippen molar-refractivity contribution in [2.45, 2.75) is 64.8 Å². The standard InChI is InChI=1S/C20H29N5O4/c1-13(26)28-10-15(11-29-14(2)27)8-9-25-12-22-18-17(16-6-4-3-5-7-16)23-20(21)24-19(18)25/h12,15-16H,3-11H2,1-2H3,(H2,21,23,24). The van der Waals surface area contributed by atoms with E-state index in [1.165, 1.54) is 33.1 Å². The third kappa shape index (κ3) is 5.65. The van der Waals surface area contributed by atoms with Crippen molar-refractivity contribution in [1.82, 2.24) is 19.5 Å². The van der Waals surface area contributed by atoms with Crippen LogP contribution in [-0.2, 0) is 25.6 Å². The molecular weight excluding hydrogens is 374 g/mol. The number of carbonyl (C=O) groups is 2. The van der Waals surface area contributed by atoms with Crippen molar-refractivity contribution in [3.05, 3.63) is 12.0 Å². The summed E-state index contributed by atoms with van der Waals surface area (Å²) in [6, 6.07) is 0. The molecule has 0 spiro atoms. The molecule has 1 aliphatic rings. The smallest absolute Gasteiger partial charge is 0.302 e. The van der Waals surface area contributed by atoms with Crippen LogP contribution in [0.5, 0.6) is 0 Å². The summed E-state index contributed by atoms with van der Waals surface area (Å²) in [5.74, 6) is -0.193. The average molecular weight is 403 g/mol. The van der Waals surface area contributed by atoms with Crippen LogP contribution in [0.3, 0.4) is 0 Å². The maximum Gasteiger partial charge on any atom is 0.302 e. The van der Waals surface area contributed by atoms with Gasteiger partial charge in [-0.15, -0.1) is 0 Å². The summed E-state index contributed by atoms with van der Waals surface area (Å²) in [5.41, 5.74) is 8.47.